The van der Waals surface area contributed by atoms with Crippen LogP contribution in [-0.2, 0) is 19.8 Å². The van der Waals surface area contributed by atoms with E-state index < -0.39 is 59.3 Å². The Hall–Kier alpha value is -4.40. The zero-order valence-electron chi connectivity index (χ0n) is 21.9. The maximum atomic E-state index is 15.1. The maximum absolute atomic E-state index is 15.1. The van der Waals surface area contributed by atoms with Crippen molar-refractivity contribution in [2.24, 2.45) is 12.8 Å². The largest absolute Gasteiger partial charge is 0.476 e. The molecule has 0 saturated heterocycles. The van der Waals surface area contributed by atoms with E-state index in [4.69, 9.17) is 14.9 Å². The molecular weight excluding hydrogens is 635 g/mol. The SMILES string of the molecule is Cc1ccc(CN(CC(Oc2ccc(F)c(C(N)=O)c2F)c2nc(-c3ccc(C(F)(F)F)cc3)c(Br)o2)C(=O)O)n1C. The van der Waals surface area contributed by atoms with Gasteiger partial charge >= 0.3 is 12.3 Å². The number of carbonyl (C=O) groups excluding carboxylic acids is 1. The molecule has 42 heavy (non-hydrogen) atoms. The number of hydrogen-bond acceptors (Lipinski definition) is 5. The molecule has 1 atom stereocenters. The molecule has 0 bridgehead atoms. The molecular formula is C27H22BrF5N4O5. The van der Waals surface area contributed by atoms with Crippen molar-refractivity contribution in [1.29, 1.82) is 0 Å². The number of ether oxygens (including phenoxy) is 1. The molecule has 222 valence electrons. The molecule has 0 aliphatic heterocycles. The van der Waals surface area contributed by atoms with E-state index in [2.05, 4.69) is 20.9 Å². The first-order valence-electron chi connectivity index (χ1n) is 12.0. The van der Waals surface area contributed by atoms with E-state index in [1.54, 1.807) is 23.7 Å². The average Bonchev–Trinajstić information content (AvgIpc) is 3.45. The fourth-order valence-electron chi connectivity index (χ4n) is 4.05. The van der Waals surface area contributed by atoms with E-state index in [0.29, 0.717) is 5.69 Å². The Bertz CT molecular complexity index is 1640. The van der Waals surface area contributed by atoms with Crippen molar-refractivity contribution in [3.63, 3.8) is 0 Å². The van der Waals surface area contributed by atoms with Gasteiger partial charge in [0, 0.05) is 24.0 Å². The first-order valence-corrected chi connectivity index (χ1v) is 12.8. The van der Waals surface area contributed by atoms with Crippen molar-refractivity contribution in [2.45, 2.75) is 25.7 Å². The number of nitrogens with two attached hydrogens (primary N) is 1. The highest BCUT2D eigenvalue weighted by Gasteiger charge is 2.32. The molecule has 15 heteroatoms. The van der Waals surface area contributed by atoms with Gasteiger partial charge < -0.3 is 24.6 Å². The lowest BCUT2D eigenvalue weighted by molar-refractivity contribution is -0.137. The molecule has 4 aromatic rings. The summed E-state index contributed by atoms with van der Waals surface area (Å²) in [6.07, 6.45) is -7.43. The predicted molar refractivity (Wildman–Crippen MR) is 141 cm³/mol. The van der Waals surface area contributed by atoms with E-state index in [-0.39, 0.29) is 28.4 Å². The number of oxazole rings is 1. The quantitative estimate of drug-likeness (QED) is 0.200. The Morgan fingerprint density at radius 2 is 1.81 bits per heavy atom. The van der Waals surface area contributed by atoms with Crippen molar-refractivity contribution in [3.05, 3.63) is 93.2 Å². The number of primary amides is 1. The topological polar surface area (TPSA) is 124 Å². The Morgan fingerprint density at radius 1 is 1.14 bits per heavy atom. The van der Waals surface area contributed by atoms with Crippen LogP contribution in [0.3, 0.4) is 0 Å². The van der Waals surface area contributed by atoms with E-state index in [1.165, 1.54) is 0 Å². The summed E-state index contributed by atoms with van der Waals surface area (Å²) in [6, 6.07) is 9.13. The van der Waals surface area contributed by atoms with Crippen LogP contribution in [-0.4, -0.2) is 38.1 Å². The molecule has 0 aliphatic rings. The fraction of sp³-hybridized carbons (Fsp3) is 0.222. The fourth-order valence-corrected chi connectivity index (χ4v) is 4.53. The molecule has 0 fully saturated rings. The van der Waals surface area contributed by atoms with Gasteiger partial charge in [-0.05, 0) is 59.3 Å². The zero-order valence-corrected chi connectivity index (χ0v) is 23.5. The lowest BCUT2D eigenvalue weighted by atomic mass is 10.1. The summed E-state index contributed by atoms with van der Waals surface area (Å²) >= 11 is 3.16. The number of nitrogens with zero attached hydrogens (tertiary/aromatic N) is 3. The van der Waals surface area contributed by atoms with Gasteiger partial charge in [-0.3, -0.25) is 9.69 Å². The first kappa shape index (κ1) is 30.6. The van der Waals surface area contributed by atoms with Crippen molar-refractivity contribution in [1.82, 2.24) is 14.5 Å². The second-order valence-electron chi connectivity index (χ2n) is 9.14. The Kier molecular flexibility index (Phi) is 8.61. The van der Waals surface area contributed by atoms with Crippen molar-refractivity contribution < 1.29 is 45.8 Å². The van der Waals surface area contributed by atoms with Crippen LogP contribution in [0.25, 0.3) is 11.3 Å². The summed E-state index contributed by atoms with van der Waals surface area (Å²) in [5.41, 5.74) is 4.86. The number of benzene rings is 2. The van der Waals surface area contributed by atoms with Gasteiger partial charge in [-0.1, -0.05) is 12.1 Å². The zero-order chi connectivity index (χ0) is 30.9. The molecule has 4 rings (SSSR count). The number of carbonyl (C=O) groups is 2. The Labute approximate surface area is 243 Å². The van der Waals surface area contributed by atoms with Crippen molar-refractivity contribution in [3.8, 4) is 17.0 Å². The molecule has 2 amide bonds. The molecule has 2 aromatic heterocycles. The van der Waals surface area contributed by atoms with E-state index in [0.717, 1.165) is 47.0 Å². The molecule has 9 nitrogen and oxygen atoms in total. The molecule has 0 aliphatic carbocycles. The number of aryl methyl sites for hydroxylation is 1. The van der Waals surface area contributed by atoms with Crippen molar-refractivity contribution in [2.75, 3.05) is 6.54 Å². The van der Waals surface area contributed by atoms with E-state index in [1.807, 2.05) is 6.92 Å². The molecule has 3 N–H and O–H groups in total. The molecule has 2 aromatic carbocycles. The molecule has 0 radical (unpaired) electrons. The highest BCUT2D eigenvalue weighted by molar-refractivity contribution is 9.10. The summed E-state index contributed by atoms with van der Waals surface area (Å²) in [7, 11) is 1.74. The smallest absolute Gasteiger partial charge is 0.416 e. The third kappa shape index (κ3) is 6.40. The number of hydrogen-bond donors (Lipinski definition) is 2. The summed E-state index contributed by atoms with van der Waals surface area (Å²) < 4.78 is 81.3. The van der Waals surface area contributed by atoms with Gasteiger partial charge in [0.15, 0.2) is 22.3 Å². The number of alkyl halides is 3. The molecule has 0 saturated carbocycles. The highest BCUT2D eigenvalue weighted by Crippen LogP contribution is 2.36. The highest BCUT2D eigenvalue weighted by atomic mass is 79.9. The molecule has 0 spiro atoms. The van der Waals surface area contributed by atoms with Crippen LogP contribution in [0.5, 0.6) is 5.75 Å². The second-order valence-corrected chi connectivity index (χ2v) is 9.86. The summed E-state index contributed by atoms with van der Waals surface area (Å²) in [5.74, 6) is -5.02. The normalized spacial score (nSPS) is 12.3. The van der Waals surface area contributed by atoms with Gasteiger partial charge in [0.2, 0.25) is 5.89 Å². The minimum Gasteiger partial charge on any atom is -0.476 e. The van der Waals surface area contributed by atoms with E-state index >= 15 is 4.39 Å². The summed E-state index contributed by atoms with van der Waals surface area (Å²) in [5, 5.41) is 9.96. The van der Waals surface area contributed by atoms with Crippen LogP contribution in [0.1, 0.15) is 39.3 Å². The Morgan fingerprint density at radius 3 is 2.36 bits per heavy atom. The maximum Gasteiger partial charge on any atom is 0.416 e. The standard InChI is InChI=1S/C27H22BrF5N4O5/c1-13-3-8-16(36(13)2)11-37(26(39)40)12-19(41-18-10-9-17(29)20(21(18)30)24(34)38)25-35-22(23(28)42-25)14-4-6-15(7-5-14)27(31,32)33/h3-10,19H,11-12H2,1-2H3,(H2,34,38)(H,39,40). The lowest BCUT2D eigenvalue weighted by Gasteiger charge is -2.25. The lowest BCUT2D eigenvalue weighted by Crippen LogP contribution is -2.35. The second kappa shape index (κ2) is 11.8. The van der Waals surface area contributed by atoms with Gasteiger partial charge in [0.25, 0.3) is 5.91 Å². The van der Waals surface area contributed by atoms with Crippen LogP contribution in [0.15, 0.2) is 57.6 Å². The van der Waals surface area contributed by atoms with Crippen LogP contribution in [0, 0.1) is 18.6 Å². The van der Waals surface area contributed by atoms with Gasteiger partial charge in [0.05, 0.1) is 18.7 Å². The van der Waals surface area contributed by atoms with Gasteiger partial charge in [0.1, 0.15) is 17.1 Å². The van der Waals surface area contributed by atoms with Crippen LogP contribution >= 0.6 is 15.9 Å². The predicted octanol–water partition coefficient (Wildman–Crippen LogP) is 6.45. The van der Waals surface area contributed by atoms with Crippen LogP contribution < -0.4 is 10.5 Å². The third-order valence-electron chi connectivity index (χ3n) is 6.42. The van der Waals surface area contributed by atoms with Crippen LogP contribution in [0.2, 0.25) is 0 Å². The minimum absolute atomic E-state index is 0.0387. The molecule has 2 heterocycles. The van der Waals surface area contributed by atoms with Gasteiger partial charge in [-0.2, -0.15) is 13.2 Å². The number of aromatic nitrogens is 2. The van der Waals surface area contributed by atoms with Crippen LogP contribution in [0.4, 0.5) is 26.7 Å². The Balaban J connectivity index is 1.75. The number of carboxylic acid groups (broad SMARTS) is 1. The van der Waals surface area contributed by atoms with Gasteiger partial charge in [-0.15, -0.1) is 0 Å². The average molecular weight is 657 g/mol. The monoisotopic (exact) mass is 656 g/mol. The van der Waals surface area contributed by atoms with Gasteiger partial charge in [-0.25, -0.2) is 18.6 Å². The number of amides is 2. The van der Waals surface area contributed by atoms with Crippen molar-refractivity contribution >= 4 is 27.9 Å². The summed E-state index contributed by atoms with van der Waals surface area (Å²) in [6.45, 7) is 1.19. The number of rotatable bonds is 9. The third-order valence-corrected chi connectivity index (χ3v) is 6.96. The molecule has 1 unspecified atom stereocenters. The minimum atomic E-state index is -4.57. The first-order chi connectivity index (χ1) is 19.7. The number of halogens is 6. The van der Waals surface area contributed by atoms with E-state index in [9.17, 15) is 32.3 Å². The summed E-state index contributed by atoms with van der Waals surface area (Å²) in [4.78, 5) is 29.1.